The van der Waals surface area contributed by atoms with Gasteiger partial charge < -0.3 is 5.32 Å². The molecule has 1 aliphatic rings. The Bertz CT molecular complexity index is 345. The number of hydrogen-bond acceptors (Lipinski definition) is 3. The summed E-state index contributed by atoms with van der Waals surface area (Å²) in [6.45, 7) is 3.99. The molecule has 1 aromatic rings. The van der Waals surface area contributed by atoms with Gasteiger partial charge in [0.05, 0.1) is 11.7 Å². The van der Waals surface area contributed by atoms with Crippen molar-refractivity contribution in [1.29, 1.82) is 0 Å². The van der Waals surface area contributed by atoms with Crippen LogP contribution in [-0.4, -0.2) is 22.0 Å². The molecule has 1 aromatic heterocycles. The maximum absolute atomic E-state index is 11.4. The van der Waals surface area contributed by atoms with Crippen LogP contribution in [0.25, 0.3) is 0 Å². The standard InChI is InChI=1S/C10H15N3O/c1-6-3-8(14)5-9(11-6)10-4-7(2)12-13-10/h4,6,9,11H,3,5H2,1-2H3,(H,12,13). The molecule has 0 aliphatic carbocycles. The van der Waals surface area contributed by atoms with Gasteiger partial charge in [0, 0.05) is 24.6 Å². The van der Waals surface area contributed by atoms with Crippen LogP contribution in [0.15, 0.2) is 6.07 Å². The first-order valence-electron chi connectivity index (χ1n) is 4.95. The van der Waals surface area contributed by atoms with Gasteiger partial charge >= 0.3 is 0 Å². The van der Waals surface area contributed by atoms with E-state index in [9.17, 15) is 4.79 Å². The van der Waals surface area contributed by atoms with Crippen molar-refractivity contribution in [2.45, 2.75) is 38.8 Å². The third-order valence-corrected chi connectivity index (χ3v) is 2.53. The van der Waals surface area contributed by atoms with Crippen molar-refractivity contribution in [2.75, 3.05) is 0 Å². The van der Waals surface area contributed by atoms with E-state index < -0.39 is 0 Å². The molecule has 4 nitrogen and oxygen atoms in total. The number of piperidine rings is 1. The van der Waals surface area contributed by atoms with Crippen molar-refractivity contribution < 1.29 is 4.79 Å². The third-order valence-electron chi connectivity index (χ3n) is 2.53. The summed E-state index contributed by atoms with van der Waals surface area (Å²) < 4.78 is 0. The third kappa shape index (κ3) is 1.85. The molecule has 1 fully saturated rings. The lowest BCUT2D eigenvalue weighted by Gasteiger charge is -2.26. The number of nitrogens with one attached hydrogen (secondary N) is 2. The second-order valence-electron chi connectivity index (χ2n) is 4.04. The Morgan fingerprint density at radius 1 is 1.50 bits per heavy atom. The Balaban J connectivity index is 2.14. The smallest absolute Gasteiger partial charge is 0.136 e. The number of H-pyrrole nitrogens is 1. The van der Waals surface area contributed by atoms with Gasteiger partial charge in [0.1, 0.15) is 5.78 Å². The van der Waals surface area contributed by atoms with Crippen LogP contribution in [0, 0.1) is 6.92 Å². The van der Waals surface area contributed by atoms with Gasteiger partial charge in [0.2, 0.25) is 0 Å². The Hall–Kier alpha value is -1.16. The number of aromatic nitrogens is 2. The van der Waals surface area contributed by atoms with Gasteiger partial charge in [0.15, 0.2) is 0 Å². The lowest BCUT2D eigenvalue weighted by Crippen LogP contribution is -2.39. The molecular formula is C10H15N3O. The second kappa shape index (κ2) is 3.53. The second-order valence-corrected chi connectivity index (χ2v) is 4.04. The highest BCUT2D eigenvalue weighted by atomic mass is 16.1. The molecule has 14 heavy (non-hydrogen) atoms. The Morgan fingerprint density at radius 2 is 2.29 bits per heavy atom. The number of ketones is 1. The zero-order valence-corrected chi connectivity index (χ0v) is 8.50. The molecule has 2 atom stereocenters. The van der Waals surface area contributed by atoms with E-state index in [0.717, 1.165) is 11.4 Å². The summed E-state index contributed by atoms with van der Waals surface area (Å²) in [5.41, 5.74) is 1.98. The molecule has 0 radical (unpaired) electrons. The largest absolute Gasteiger partial charge is 0.305 e. The summed E-state index contributed by atoms with van der Waals surface area (Å²) in [5.74, 6) is 0.321. The van der Waals surface area contributed by atoms with Crippen LogP contribution >= 0.6 is 0 Å². The fourth-order valence-electron chi connectivity index (χ4n) is 1.92. The van der Waals surface area contributed by atoms with E-state index in [-0.39, 0.29) is 12.1 Å². The summed E-state index contributed by atoms with van der Waals surface area (Å²) in [7, 11) is 0. The van der Waals surface area contributed by atoms with Crippen LogP contribution in [0.2, 0.25) is 0 Å². The monoisotopic (exact) mass is 193 g/mol. The summed E-state index contributed by atoms with van der Waals surface area (Å²) in [6.07, 6.45) is 1.20. The molecule has 1 aliphatic heterocycles. The minimum absolute atomic E-state index is 0.0937. The number of carbonyl (C=O) groups excluding carboxylic acids is 1. The maximum Gasteiger partial charge on any atom is 0.136 e. The Kier molecular flexibility index (Phi) is 2.37. The summed E-state index contributed by atoms with van der Waals surface area (Å²) in [6, 6.07) is 2.35. The molecule has 4 heteroatoms. The van der Waals surface area contributed by atoms with E-state index in [2.05, 4.69) is 15.5 Å². The van der Waals surface area contributed by atoms with Gasteiger partial charge in [-0.05, 0) is 19.9 Å². The van der Waals surface area contributed by atoms with Crippen molar-refractivity contribution in [3.8, 4) is 0 Å². The molecule has 0 spiro atoms. The zero-order chi connectivity index (χ0) is 10.1. The fraction of sp³-hybridized carbons (Fsp3) is 0.600. The first-order valence-corrected chi connectivity index (χ1v) is 4.95. The van der Waals surface area contributed by atoms with E-state index in [0.29, 0.717) is 18.6 Å². The molecule has 0 amide bonds. The Labute approximate surface area is 83.1 Å². The van der Waals surface area contributed by atoms with Crippen molar-refractivity contribution >= 4 is 5.78 Å². The number of Topliss-reactive ketones (excluding diaryl/α,β-unsaturated/α-hetero) is 1. The van der Waals surface area contributed by atoms with Crippen molar-refractivity contribution in [3.05, 3.63) is 17.5 Å². The molecule has 0 saturated carbocycles. The van der Waals surface area contributed by atoms with E-state index in [1.807, 2.05) is 19.9 Å². The molecule has 0 aromatic carbocycles. The SMILES string of the molecule is Cc1cc(C2CC(=O)CC(C)N2)n[nH]1. The minimum Gasteiger partial charge on any atom is -0.305 e. The topological polar surface area (TPSA) is 57.8 Å². The lowest BCUT2D eigenvalue weighted by atomic mass is 9.96. The van der Waals surface area contributed by atoms with E-state index in [4.69, 9.17) is 0 Å². The Morgan fingerprint density at radius 3 is 2.86 bits per heavy atom. The van der Waals surface area contributed by atoms with Crippen molar-refractivity contribution in [2.24, 2.45) is 0 Å². The number of hydrogen-bond donors (Lipinski definition) is 2. The zero-order valence-electron chi connectivity index (χ0n) is 8.50. The number of aryl methyl sites for hydroxylation is 1. The lowest BCUT2D eigenvalue weighted by molar-refractivity contribution is -0.121. The molecule has 1 saturated heterocycles. The maximum atomic E-state index is 11.4. The van der Waals surface area contributed by atoms with Gasteiger partial charge in [-0.25, -0.2) is 0 Å². The summed E-state index contributed by atoms with van der Waals surface area (Å²) >= 11 is 0. The fourth-order valence-corrected chi connectivity index (χ4v) is 1.92. The highest BCUT2D eigenvalue weighted by Gasteiger charge is 2.26. The predicted octanol–water partition coefficient (Wildman–Crippen LogP) is 1.10. The summed E-state index contributed by atoms with van der Waals surface area (Å²) in [5, 5.41) is 10.4. The minimum atomic E-state index is 0.0937. The number of aromatic amines is 1. The normalized spacial score (nSPS) is 28.0. The van der Waals surface area contributed by atoms with Gasteiger partial charge in [-0.2, -0.15) is 5.10 Å². The molecular weight excluding hydrogens is 178 g/mol. The highest BCUT2D eigenvalue weighted by molar-refractivity contribution is 5.80. The quantitative estimate of drug-likeness (QED) is 0.702. The van der Waals surface area contributed by atoms with E-state index in [1.165, 1.54) is 0 Å². The number of nitrogens with zero attached hydrogens (tertiary/aromatic N) is 1. The van der Waals surface area contributed by atoms with Gasteiger partial charge in [0.25, 0.3) is 0 Å². The predicted molar refractivity (Wildman–Crippen MR) is 52.9 cm³/mol. The molecule has 0 bridgehead atoms. The van der Waals surface area contributed by atoms with Crippen LogP contribution in [0.1, 0.15) is 37.2 Å². The first-order chi connectivity index (χ1) is 6.65. The molecule has 2 N–H and O–H groups in total. The van der Waals surface area contributed by atoms with E-state index in [1.54, 1.807) is 0 Å². The molecule has 2 unspecified atom stereocenters. The van der Waals surface area contributed by atoms with Crippen LogP contribution in [0.5, 0.6) is 0 Å². The number of carbonyl (C=O) groups is 1. The average Bonchev–Trinajstić information content (AvgIpc) is 2.50. The van der Waals surface area contributed by atoms with Crippen LogP contribution in [0.4, 0.5) is 0 Å². The molecule has 76 valence electrons. The molecule has 2 heterocycles. The summed E-state index contributed by atoms with van der Waals surface area (Å²) in [4.78, 5) is 11.4. The van der Waals surface area contributed by atoms with Crippen molar-refractivity contribution in [1.82, 2.24) is 15.5 Å². The molecule has 2 rings (SSSR count). The van der Waals surface area contributed by atoms with Crippen LogP contribution < -0.4 is 5.32 Å². The van der Waals surface area contributed by atoms with E-state index >= 15 is 0 Å². The number of rotatable bonds is 1. The van der Waals surface area contributed by atoms with Gasteiger partial charge in [-0.3, -0.25) is 9.89 Å². The average molecular weight is 193 g/mol. The van der Waals surface area contributed by atoms with Crippen LogP contribution in [-0.2, 0) is 4.79 Å². The van der Waals surface area contributed by atoms with Crippen molar-refractivity contribution in [3.63, 3.8) is 0 Å². The van der Waals surface area contributed by atoms with Gasteiger partial charge in [-0.15, -0.1) is 0 Å². The van der Waals surface area contributed by atoms with Crippen LogP contribution in [0.3, 0.4) is 0 Å². The first kappa shape index (κ1) is 9.40. The highest BCUT2D eigenvalue weighted by Crippen LogP contribution is 2.22. The van der Waals surface area contributed by atoms with Gasteiger partial charge in [-0.1, -0.05) is 0 Å².